The molecule has 1 heterocycles. The lowest BCUT2D eigenvalue weighted by molar-refractivity contribution is -0.928. The molecule has 1 aromatic carbocycles. The molecule has 0 bridgehead atoms. The van der Waals surface area contributed by atoms with Gasteiger partial charge in [0.1, 0.15) is 5.69 Å². The van der Waals surface area contributed by atoms with Crippen LogP contribution < -0.4 is 10.2 Å². The lowest BCUT2D eigenvalue weighted by Crippen LogP contribution is -3.18. The second-order valence-electron chi connectivity index (χ2n) is 6.85. The van der Waals surface area contributed by atoms with E-state index in [0.717, 1.165) is 18.9 Å². The zero-order valence-corrected chi connectivity index (χ0v) is 14.3. The number of piperidine rings is 1. The molecule has 3 atom stereocenters. The largest absolute Gasteiger partial charge is 0.324 e. The molecule has 2 N–H and O–H groups in total. The number of amides is 1. The van der Waals surface area contributed by atoms with Crippen LogP contribution in [0.1, 0.15) is 38.5 Å². The van der Waals surface area contributed by atoms with E-state index in [0.29, 0.717) is 12.6 Å². The molecule has 24 heavy (non-hydrogen) atoms. The van der Waals surface area contributed by atoms with Crippen molar-refractivity contribution in [3.63, 3.8) is 0 Å². The quantitative estimate of drug-likeness (QED) is 0.645. The number of fused-ring (bicyclic) bond motifs is 1. The van der Waals surface area contributed by atoms with Gasteiger partial charge in [0.05, 0.1) is 17.5 Å². The highest BCUT2D eigenvalue weighted by Gasteiger charge is 2.37. The van der Waals surface area contributed by atoms with Crippen molar-refractivity contribution in [3.05, 3.63) is 33.3 Å². The van der Waals surface area contributed by atoms with Gasteiger partial charge in [0.25, 0.3) is 11.6 Å². The van der Waals surface area contributed by atoms with Crippen molar-refractivity contribution in [2.24, 2.45) is 5.92 Å². The Hall–Kier alpha value is -1.66. The van der Waals surface area contributed by atoms with Gasteiger partial charge in [-0.2, -0.15) is 0 Å². The molecule has 1 unspecified atom stereocenters. The second kappa shape index (κ2) is 7.49. The maximum absolute atomic E-state index is 12.4. The molecule has 0 radical (unpaired) electrons. The molecular weight excluding hydrogens is 330 g/mol. The van der Waals surface area contributed by atoms with E-state index in [1.54, 1.807) is 6.07 Å². The summed E-state index contributed by atoms with van der Waals surface area (Å²) in [5, 5.41) is 14.1. The molecule has 1 aliphatic heterocycles. The van der Waals surface area contributed by atoms with Gasteiger partial charge in [-0.1, -0.05) is 18.0 Å². The molecule has 130 valence electrons. The number of benzene rings is 1. The van der Waals surface area contributed by atoms with Crippen LogP contribution in [0.2, 0.25) is 5.02 Å². The SMILES string of the molecule is O=C(C[NH+]1CCC[C@@H]2CCCC[C@@H]21)Nc1ccc(Cl)cc1[N+](=O)[O-]. The third-order valence-corrected chi connectivity index (χ3v) is 5.56. The van der Waals surface area contributed by atoms with Gasteiger partial charge in [-0.3, -0.25) is 14.9 Å². The molecule has 1 aromatic rings. The van der Waals surface area contributed by atoms with E-state index in [4.69, 9.17) is 11.6 Å². The average Bonchev–Trinajstić information content (AvgIpc) is 2.56. The molecule has 0 spiro atoms. The van der Waals surface area contributed by atoms with E-state index in [1.807, 2.05) is 0 Å². The number of anilines is 1. The van der Waals surface area contributed by atoms with E-state index in [-0.39, 0.29) is 22.3 Å². The number of nitro benzene ring substituents is 1. The second-order valence-corrected chi connectivity index (χ2v) is 7.28. The maximum atomic E-state index is 12.4. The summed E-state index contributed by atoms with van der Waals surface area (Å²) in [5.41, 5.74) is 0.0473. The van der Waals surface area contributed by atoms with Gasteiger partial charge in [0.2, 0.25) is 0 Å². The molecule has 0 aromatic heterocycles. The highest BCUT2D eigenvalue weighted by atomic mass is 35.5. The van der Waals surface area contributed by atoms with E-state index in [2.05, 4.69) is 5.32 Å². The number of likely N-dealkylation sites (tertiary alicyclic amines) is 1. The molecule has 1 saturated heterocycles. The number of nitrogens with zero attached hydrogens (tertiary/aromatic N) is 1. The Kier molecular flexibility index (Phi) is 5.36. The minimum atomic E-state index is -0.521. The van der Waals surface area contributed by atoms with E-state index >= 15 is 0 Å². The van der Waals surface area contributed by atoms with Gasteiger partial charge in [0, 0.05) is 17.0 Å². The Bertz CT molecular complexity index is 636. The Labute approximate surface area is 146 Å². The minimum absolute atomic E-state index is 0.165. The van der Waals surface area contributed by atoms with Crippen molar-refractivity contribution in [1.29, 1.82) is 0 Å². The number of carbonyl (C=O) groups is 1. The fourth-order valence-electron chi connectivity index (χ4n) is 4.25. The molecular formula is C17H23ClN3O3+. The third-order valence-electron chi connectivity index (χ3n) is 5.32. The summed E-state index contributed by atoms with van der Waals surface area (Å²) >= 11 is 5.81. The van der Waals surface area contributed by atoms with Gasteiger partial charge in [-0.15, -0.1) is 0 Å². The van der Waals surface area contributed by atoms with Crippen LogP contribution >= 0.6 is 11.6 Å². The molecule has 2 aliphatic rings. The lowest BCUT2D eigenvalue weighted by atomic mass is 9.78. The topological polar surface area (TPSA) is 76.7 Å². The highest BCUT2D eigenvalue weighted by Crippen LogP contribution is 2.29. The molecule has 1 saturated carbocycles. The van der Waals surface area contributed by atoms with Crippen molar-refractivity contribution in [1.82, 2.24) is 0 Å². The first kappa shape index (κ1) is 17.2. The van der Waals surface area contributed by atoms with E-state index in [1.165, 1.54) is 49.1 Å². The highest BCUT2D eigenvalue weighted by molar-refractivity contribution is 6.31. The summed E-state index contributed by atoms with van der Waals surface area (Å²) in [6, 6.07) is 4.88. The lowest BCUT2D eigenvalue weighted by Gasteiger charge is -2.40. The van der Waals surface area contributed by atoms with Crippen LogP contribution in [0.25, 0.3) is 0 Å². The van der Waals surface area contributed by atoms with Crippen molar-refractivity contribution in [3.8, 4) is 0 Å². The fourth-order valence-corrected chi connectivity index (χ4v) is 4.42. The van der Waals surface area contributed by atoms with Crippen molar-refractivity contribution in [2.45, 2.75) is 44.6 Å². The van der Waals surface area contributed by atoms with E-state index in [9.17, 15) is 14.9 Å². The van der Waals surface area contributed by atoms with Crippen LogP contribution in [0.4, 0.5) is 11.4 Å². The molecule has 1 amide bonds. The summed E-state index contributed by atoms with van der Waals surface area (Å²) < 4.78 is 0. The van der Waals surface area contributed by atoms with Crippen molar-refractivity contribution < 1.29 is 14.6 Å². The minimum Gasteiger partial charge on any atom is -0.324 e. The number of hydrogen-bond donors (Lipinski definition) is 2. The number of hydrogen-bond acceptors (Lipinski definition) is 3. The van der Waals surface area contributed by atoms with Crippen molar-refractivity contribution >= 4 is 28.9 Å². The predicted molar refractivity (Wildman–Crippen MR) is 92.4 cm³/mol. The number of nitrogens with one attached hydrogen (secondary N) is 2. The maximum Gasteiger partial charge on any atom is 0.294 e. The van der Waals surface area contributed by atoms with Crippen LogP contribution in [0.5, 0.6) is 0 Å². The first-order valence-electron chi connectivity index (χ1n) is 8.63. The Balaban J connectivity index is 1.66. The Morgan fingerprint density at radius 3 is 2.83 bits per heavy atom. The summed E-state index contributed by atoms with van der Waals surface area (Å²) in [6.07, 6.45) is 7.45. The van der Waals surface area contributed by atoms with Crippen LogP contribution in [0, 0.1) is 16.0 Å². The Morgan fingerprint density at radius 1 is 1.29 bits per heavy atom. The summed E-state index contributed by atoms with van der Waals surface area (Å²) in [6.45, 7) is 1.39. The zero-order chi connectivity index (χ0) is 17.1. The van der Waals surface area contributed by atoms with Gasteiger partial charge in [-0.05, 0) is 44.2 Å². The summed E-state index contributed by atoms with van der Waals surface area (Å²) in [7, 11) is 0. The van der Waals surface area contributed by atoms with Gasteiger partial charge in [-0.25, -0.2) is 0 Å². The third kappa shape index (κ3) is 3.87. The number of quaternary nitrogens is 1. The van der Waals surface area contributed by atoms with Crippen LogP contribution in [-0.2, 0) is 4.79 Å². The fraction of sp³-hybridized carbons (Fsp3) is 0.588. The number of nitro groups is 1. The Morgan fingerprint density at radius 2 is 2.04 bits per heavy atom. The molecule has 6 nitrogen and oxygen atoms in total. The number of rotatable bonds is 4. The standard InChI is InChI=1S/C17H22ClN3O3/c18-13-7-8-14(16(10-13)21(23)24)19-17(22)11-20-9-3-5-12-4-1-2-6-15(12)20/h7-8,10,12,15H,1-6,9,11H2,(H,19,22)/p+1/t12-,15-/m0/s1. The van der Waals surface area contributed by atoms with Crippen LogP contribution in [0.3, 0.4) is 0 Å². The monoisotopic (exact) mass is 352 g/mol. The van der Waals surface area contributed by atoms with Gasteiger partial charge >= 0.3 is 0 Å². The van der Waals surface area contributed by atoms with Crippen LogP contribution in [-0.4, -0.2) is 30.0 Å². The number of carbonyl (C=O) groups excluding carboxylic acids is 1. The molecule has 3 rings (SSSR count). The molecule has 1 aliphatic carbocycles. The van der Waals surface area contributed by atoms with E-state index < -0.39 is 4.92 Å². The van der Waals surface area contributed by atoms with Gasteiger partial charge < -0.3 is 10.2 Å². The first-order chi connectivity index (χ1) is 11.5. The normalized spacial score (nSPS) is 26.5. The van der Waals surface area contributed by atoms with Gasteiger partial charge in [0.15, 0.2) is 6.54 Å². The number of halogens is 1. The summed E-state index contributed by atoms with van der Waals surface area (Å²) in [5.74, 6) is 0.571. The van der Waals surface area contributed by atoms with Crippen molar-refractivity contribution in [2.75, 3.05) is 18.4 Å². The molecule has 2 fully saturated rings. The average molecular weight is 353 g/mol. The predicted octanol–water partition coefficient (Wildman–Crippen LogP) is 2.42. The molecule has 7 heteroatoms. The van der Waals surface area contributed by atoms with Crippen LogP contribution in [0.15, 0.2) is 18.2 Å². The zero-order valence-electron chi connectivity index (χ0n) is 13.6. The smallest absolute Gasteiger partial charge is 0.294 e. The first-order valence-corrected chi connectivity index (χ1v) is 9.01. The summed E-state index contributed by atoms with van der Waals surface area (Å²) in [4.78, 5) is 24.4.